The number of rotatable bonds is 2. The number of aromatic nitrogens is 4. The van der Waals surface area contributed by atoms with Gasteiger partial charge in [-0.2, -0.15) is 10.2 Å². The monoisotopic (exact) mass is 213 g/mol. The zero-order valence-corrected chi connectivity index (χ0v) is 8.58. The number of nitrogens with two attached hydrogens (primary N) is 1. The fourth-order valence-electron chi connectivity index (χ4n) is 1.31. The van der Waals surface area contributed by atoms with Crippen LogP contribution in [-0.2, 0) is 13.6 Å². The van der Waals surface area contributed by atoms with Crippen molar-refractivity contribution in [2.75, 3.05) is 0 Å². The summed E-state index contributed by atoms with van der Waals surface area (Å²) in [5.74, 6) is 0. The van der Waals surface area contributed by atoms with Crippen LogP contribution in [0.25, 0.3) is 11.4 Å². The van der Waals surface area contributed by atoms with Crippen molar-refractivity contribution >= 4 is 12.4 Å². The molecule has 2 heterocycles. The molecule has 5 nitrogen and oxygen atoms in total. The van der Waals surface area contributed by atoms with E-state index in [2.05, 4.69) is 15.3 Å². The summed E-state index contributed by atoms with van der Waals surface area (Å²) in [7, 11) is 1.89. The first-order chi connectivity index (χ1) is 6.33. The second-order valence-corrected chi connectivity index (χ2v) is 2.81. The van der Waals surface area contributed by atoms with Crippen molar-refractivity contribution in [2.24, 2.45) is 12.8 Å². The van der Waals surface area contributed by atoms with E-state index in [4.69, 9.17) is 5.73 Å². The average molecular weight is 214 g/mol. The van der Waals surface area contributed by atoms with Gasteiger partial charge in [-0.15, -0.1) is 12.4 Å². The number of nitrogens with zero attached hydrogens (tertiary/aromatic N) is 3. The summed E-state index contributed by atoms with van der Waals surface area (Å²) in [4.78, 5) is 0. The van der Waals surface area contributed by atoms with Gasteiger partial charge in [-0.25, -0.2) is 0 Å². The zero-order valence-electron chi connectivity index (χ0n) is 7.77. The van der Waals surface area contributed by atoms with Gasteiger partial charge < -0.3 is 5.73 Å². The van der Waals surface area contributed by atoms with Crippen molar-refractivity contribution in [3.8, 4) is 11.4 Å². The molecule has 0 radical (unpaired) electrons. The Kier molecular flexibility index (Phi) is 3.27. The highest BCUT2D eigenvalue weighted by Gasteiger charge is 2.08. The highest BCUT2D eigenvalue weighted by atomic mass is 35.5. The Morgan fingerprint density at radius 1 is 1.57 bits per heavy atom. The molecule has 0 saturated carbocycles. The average Bonchev–Trinajstić information content (AvgIpc) is 2.71. The summed E-state index contributed by atoms with van der Waals surface area (Å²) < 4.78 is 1.78. The Balaban J connectivity index is 0.000000980. The van der Waals surface area contributed by atoms with Gasteiger partial charge in [-0.3, -0.25) is 9.78 Å². The molecule has 0 unspecified atom stereocenters. The third-order valence-electron chi connectivity index (χ3n) is 2.01. The van der Waals surface area contributed by atoms with Gasteiger partial charge in [0, 0.05) is 25.4 Å². The minimum atomic E-state index is 0. The van der Waals surface area contributed by atoms with Crippen molar-refractivity contribution in [3.05, 3.63) is 24.0 Å². The van der Waals surface area contributed by atoms with Crippen molar-refractivity contribution in [2.45, 2.75) is 6.54 Å². The largest absolute Gasteiger partial charge is 0.326 e. The van der Waals surface area contributed by atoms with Crippen molar-refractivity contribution in [1.82, 2.24) is 20.0 Å². The Labute approximate surface area is 87.7 Å². The summed E-state index contributed by atoms with van der Waals surface area (Å²) in [6.45, 7) is 0.483. The molecular formula is C8H12ClN5. The van der Waals surface area contributed by atoms with Crippen LogP contribution in [0, 0.1) is 0 Å². The molecule has 0 atom stereocenters. The molecular weight excluding hydrogens is 202 g/mol. The van der Waals surface area contributed by atoms with Crippen LogP contribution in [0.15, 0.2) is 18.5 Å². The van der Waals surface area contributed by atoms with Gasteiger partial charge in [0.2, 0.25) is 0 Å². The van der Waals surface area contributed by atoms with Gasteiger partial charge in [0.05, 0.1) is 17.6 Å². The molecule has 2 rings (SSSR count). The Morgan fingerprint density at radius 2 is 2.36 bits per heavy atom. The smallest absolute Gasteiger partial charge is 0.0875 e. The molecule has 0 aliphatic rings. The van der Waals surface area contributed by atoms with E-state index < -0.39 is 0 Å². The van der Waals surface area contributed by atoms with E-state index in [0.29, 0.717) is 6.54 Å². The van der Waals surface area contributed by atoms with Crippen LogP contribution < -0.4 is 5.73 Å². The minimum absolute atomic E-state index is 0. The number of hydrogen-bond donors (Lipinski definition) is 2. The first-order valence-corrected chi connectivity index (χ1v) is 4.03. The van der Waals surface area contributed by atoms with Crippen LogP contribution in [0.5, 0.6) is 0 Å². The SMILES string of the molecule is Cl.Cn1nccc1-c1[nH]ncc1CN. The molecule has 6 heteroatoms. The van der Waals surface area contributed by atoms with Crippen LogP contribution >= 0.6 is 12.4 Å². The van der Waals surface area contributed by atoms with E-state index in [-0.39, 0.29) is 12.4 Å². The molecule has 2 aromatic heterocycles. The molecule has 76 valence electrons. The van der Waals surface area contributed by atoms with Gasteiger partial charge in [0.1, 0.15) is 0 Å². The number of aromatic amines is 1. The molecule has 0 aromatic carbocycles. The molecule has 0 amide bonds. The predicted molar refractivity (Wildman–Crippen MR) is 55.9 cm³/mol. The zero-order chi connectivity index (χ0) is 9.26. The van der Waals surface area contributed by atoms with E-state index in [0.717, 1.165) is 17.0 Å². The topological polar surface area (TPSA) is 72.5 Å². The van der Waals surface area contributed by atoms with Crippen molar-refractivity contribution < 1.29 is 0 Å². The molecule has 14 heavy (non-hydrogen) atoms. The minimum Gasteiger partial charge on any atom is -0.326 e. The maximum absolute atomic E-state index is 5.56. The summed E-state index contributed by atoms with van der Waals surface area (Å²) in [6, 6.07) is 1.92. The fraction of sp³-hybridized carbons (Fsp3) is 0.250. The van der Waals surface area contributed by atoms with Gasteiger partial charge in [0.25, 0.3) is 0 Å². The summed E-state index contributed by atoms with van der Waals surface area (Å²) in [5.41, 5.74) is 8.51. The first-order valence-electron chi connectivity index (χ1n) is 4.03. The second-order valence-electron chi connectivity index (χ2n) is 2.81. The van der Waals surface area contributed by atoms with Gasteiger partial charge in [-0.1, -0.05) is 0 Å². The van der Waals surface area contributed by atoms with Crippen LogP contribution in [-0.4, -0.2) is 20.0 Å². The lowest BCUT2D eigenvalue weighted by molar-refractivity contribution is 0.771. The first kappa shape index (κ1) is 10.7. The van der Waals surface area contributed by atoms with Crippen LogP contribution in [0.4, 0.5) is 0 Å². The number of hydrogen-bond acceptors (Lipinski definition) is 3. The molecule has 0 aliphatic heterocycles. The number of aryl methyl sites for hydroxylation is 1. The van der Waals surface area contributed by atoms with Crippen molar-refractivity contribution in [1.29, 1.82) is 0 Å². The summed E-state index contributed by atoms with van der Waals surface area (Å²) in [6.07, 6.45) is 3.48. The third kappa shape index (κ3) is 1.64. The predicted octanol–water partition coefficient (Wildman–Crippen LogP) is 0.691. The third-order valence-corrected chi connectivity index (χ3v) is 2.01. The lowest BCUT2D eigenvalue weighted by atomic mass is 10.2. The van der Waals surface area contributed by atoms with E-state index in [1.54, 1.807) is 17.1 Å². The Bertz CT molecular complexity index is 405. The highest BCUT2D eigenvalue weighted by molar-refractivity contribution is 5.85. The molecule has 2 aromatic rings. The van der Waals surface area contributed by atoms with E-state index in [1.165, 1.54) is 0 Å². The van der Waals surface area contributed by atoms with E-state index in [9.17, 15) is 0 Å². The Hall–Kier alpha value is -1.33. The van der Waals surface area contributed by atoms with Gasteiger partial charge in [0.15, 0.2) is 0 Å². The molecule has 0 fully saturated rings. The van der Waals surface area contributed by atoms with Gasteiger partial charge in [-0.05, 0) is 6.07 Å². The van der Waals surface area contributed by atoms with E-state index in [1.807, 2.05) is 13.1 Å². The molecule has 0 bridgehead atoms. The summed E-state index contributed by atoms with van der Waals surface area (Å²) in [5, 5.41) is 10.9. The molecule has 0 saturated heterocycles. The number of halogens is 1. The van der Waals surface area contributed by atoms with Crippen molar-refractivity contribution in [3.63, 3.8) is 0 Å². The lowest BCUT2D eigenvalue weighted by Gasteiger charge is -2.00. The normalized spacial score (nSPS) is 9.86. The van der Waals surface area contributed by atoms with Gasteiger partial charge >= 0.3 is 0 Å². The quantitative estimate of drug-likeness (QED) is 0.771. The maximum Gasteiger partial charge on any atom is 0.0875 e. The molecule has 3 N–H and O–H groups in total. The lowest BCUT2D eigenvalue weighted by Crippen LogP contribution is -2.00. The fourth-order valence-corrected chi connectivity index (χ4v) is 1.31. The second kappa shape index (κ2) is 4.26. The highest BCUT2D eigenvalue weighted by Crippen LogP contribution is 2.18. The van der Waals surface area contributed by atoms with E-state index >= 15 is 0 Å². The summed E-state index contributed by atoms with van der Waals surface area (Å²) >= 11 is 0. The Morgan fingerprint density at radius 3 is 2.93 bits per heavy atom. The van der Waals surface area contributed by atoms with Crippen LogP contribution in [0.1, 0.15) is 5.56 Å². The number of nitrogens with one attached hydrogen (secondary N) is 1. The van der Waals surface area contributed by atoms with Crippen LogP contribution in [0.2, 0.25) is 0 Å². The standard InChI is InChI=1S/C8H11N5.ClH/c1-13-7(2-3-11-13)8-6(4-9)5-10-12-8;/h2-3,5H,4,9H2,1H3,(H,10,12);1H. The maximum atomic E-state index is 5.56. The molecule has 0 aliphatic carbocycles. The molecule has 0 spiro atoms. The number of H-pyrrole nitrogens is 1. The van der Waals surface area contributed by atoms with Crippen LogP contribution in [0.3, 0.4) is 0 Å².